The third-order valence-electron chi connectivity index (χ3n) is 2.60. The quantitative estimate of drug-likeness (QED) is 0.682. The lowest BCUT2D eigenvalue weighted by atomic mass is 10.3. The number of urea groups is 1. The van der Waals surface area contributed by atoms with Gasteiger partial charge in [0.15, 0.2) is 6.61 Å². The molecule has 0 spiro atoms. The summed E-state index contributed by atoms with van der Waals surface area (Å²) in [6.45, 7) is 1.05. The molecule has 10 nitrogen and oxygen atoms in total. The van der Waals surface area contributed by atoms with Gasteiger partial charge < -0.3 is 9.64 Å². The topological polar surface area (TPSA) is 131 Å². The highest BCUT2D eigenvalue weighted by atomic mass is 32.1. The first-order valence-electron chi connectivity index (χ1n) is 6.28. The van der Waals surface area contributed by atoms with Gasteiger partial charge >= 0.3 is 12.0 Å². The van der Waals surface area contributed by atoms with E-state index in [0.717, 1.165) is 4.90 Å². The number of anilines is 1. The number of hydrogen-bond acceptors (Lipinski definition) is 8. The normalized spacial score (nSPS) is 14.5. The van der Waals surface area contributed by atoms with E-state index >= 15 is 0 Å². The molecule has 4 amide bonds. The number of aryl methyl sites for hydroxylation is 1. The lowest BCUT2D eigenvalue weighted by Gasteiger charge is -2.25. The smallest absolute Gasteiger partial charge is 0.326 e. The number of hydrogen-bond donors (Lipinski definition) is 2. The van der Waals surface area contributed by atoms with Crippen molar-refractivity contribution in [2.24, 2.45) is 0 Å². The van der Waals surface area contributed by atoms with Crippen LogP contribution in [-0.4, -0.2) is 58.6 Å². The van der Waals surface area contributed by atoms with Gasteiger partial charge in [-0.05, 0) is 6.92 Å². The van der Waals surface area contributed by atoms with Crippen molar-refractivity contribution in [3.8, 4) is 0 Å². The number of amides is 4. The fraction of sp³-hybridized carbons (Fsp3) is 0.455. The van der Waals surface area contributed by atoms with Gasteiger partial charge in [0, 0.05) is 13.0 Å². The van der Waals surface area contributed by atoms with Crippen LogP contribution in [0, 0.1) is 6.92 Å². The molecule has 22 heavy (non-hydrogen) atoms. The minimum atomic E-state index is -0.743. The van der Waals surface area contributed by atoms with Crippen molar-refractivity contribution in [3.63, 3.8) is 0 Å². The lowest BCUT2D eigenvalue weighted by molar-refractivity contribution is -0.148. The van der Waals surface area contributed by atoms with Gasteiger partial charge in [0.05, 0.1) is 0 Å². The molecule has 1 aliphatic rings. The molecule has 1 aromatic heterocycles. The number of esters is 1. The van der Waals surface area contributed by atoms with Gasteiger partial charge in [-0.1, -0.05) is 11.3 Å². The summed E-state index contributed by atoms with van der Waals surface area (Å²) in [5.41, 5.74) is 0. The molecule has 1 aliphatic heterocycles. The molecule has 0 aliphatic carbocycles. The van der Waals surface area contributed by atoms with Crippen LogP contribution in [0.3, 0.4) is 0 Å². The number of imide groups is 1. The zero-order valence-electron chi connectivity index (χ0n) is 11.6. The summed E-state index contributed by atoms with van der Waals surface area (Å²) < 4.78 is 4.76. The molecule has 1 saturated heterocycles. The Morgan fingerprint density at radius 3 is 2.82 bits per heavy atom. The molecule has 2 N–H and O–H groups in total. The second kappa shape index (κ2) is 6.93. The number of nitrogens with zero attached hydrogens (tertiary/aromatic N) is 3. The van der Waals surface area contributed by atoms with Crippen LogP contribution in [0.2, 0.25) is 0 Å². The van der Waals surface area contributed by atoms with Crippen LogP contribution in [0.5, 0.6) is 0 Å². The van der Waals surface area contributed by atoms with Gasteiger partial charge in [0.2, 0.25) is 11.0 Å². The zero-order valence-corrected chi connectivity index (χ0v) is 12.4. The largest absolute Gasteiger partial charge is 0.454 e. The molecular formula is C11H13N5O5S. The van der Waals surface area contributed by atoms with E-state index in [-0.39, 0.29) is 25.4 Å². The van der Waals surface area contributed by atoms with Gasteiger partial charge in [-0.25, -0.2) is 4.79 Å². The summed E-state index contributed by atoms with van der Waals surface area (Å²) in [6.07, 6.45) is 0.121. The van der Waals surface area contributed by atoms with E-state index in [1.165, 1.54) is 11.3 Å². The summed E-state index contributed by atoms with van der Waals surface area (Å²) >= 11 is 1.19. The number of ether oxygens (including phenoxy) is 1. The van der Waals surface area contributed by atoms with E-state index in [1.54, 1.807) is 6.92 Å². The molecular weight excluding hydrogens is 314 g/mol. The number of aromatic nitrogens is 2. The van der Waals surface area contributed by atoms with Crippen LogP contribution < -0.4 is 10.6 Å². The number of nitrogens with one attached hydrogen (secondary N) is 2. The SMILES string of the molecule is Cc1nnc(NC(=O)COC(=O)CN2CCC(=O)NC2=O)s1. The predicted octanol–water partition coefficient (Wildman–Crippen LogP) is -0.730. The van der Waals surface area contributed by atoms with E-state index in [9.17, 15) is 19.2 Å². The highest BCUT2D eigenvalue weighted by Crippen LogP contribution is 2.13. The van der Waals surface area contributed by atoms with Crippen LogP contribution in [-0.2, 0) is 19.1 Å². The summed E-state index contributed by atoms with van der Waals surface area (Å²) in [6, 6.07) is -0.651. The number of carbonyl (C=O) groups is 4. The van der Waals surface area contributed by atoms with Gasteiger partial charge in [0.25, 0.3) is 5.91 Å². The van der Waals surface area contributed by atoms with Crippen molar-refractivity contribution >= 4 is 40.3 Å². The summed E-state index contributed by atoms with van der Waals surface area (Å²) in [7, 11) is 0. The summed E-state index contributed by atoms with van der Waals surface area (Å²) in [5.74, 6) is -1.68. The van der Waals surface area contributed by atoms with E-state index < -0.39 is 24.5 Å². The van der Waals surface area contributed by atoms with E-state index in [1.807, 2.05) is 0 Å². The molecule has 1 fully saturated rings. The van der Waals surface area contributed by atoms with E-state index in [0.29, 0.717) is 10.1 Å². The average molecular weight is 327 g/mol. The summed E-state index contributed by atoms with van der Waals surface area (Å²) in [5, 5.41) is 12.9. The molecule has 2 rings (SSSR count). The molecule has 0 bridgehead atoms. The van der Waals surface area contributed by atoms with Crippen molar-refractivity contribution in [2.45, 2.75) is 13.3 Å². The third kappa shape index (κ3) is 4.48. The second-order valence-corrected chi connectivity index (χ2v) is 5.54. The first-order chi connectivity index (χ1) is 10.4. The van der Waals surface area contributed by atoms with Gasteiger partial charge in [-0.15, -0.1) is 10.2 Å². The van der Waals surface area contributed by atoms with Crippen molar-refractivity contribution < 1.29 is 23.9 Å². The Balaban J connectivity index is 1.72. The van der Waals surface area contributed by atoms with E-state index in [2.05, 4.69) is 20.8 Å². The Hall–Kier alpha value is -2.56. The Kier molecular flexibility index (Phi) is 4.99. The van der Waals surface area contributed by atoms with Crippen LogP contribution >= 0.6 is 11.3 Å². The highest BCUT2D eigenvalue weighted by Gasteiger charge is 2.25. The number of carbonyl (C=O) groups excluding carboxylic acids is 4. The minimum absolute atomic E-state index is 0.121. The first kappa shape index (κ1) is 15.8. The standard InChI is InChI=1S/C11H13N5O5S/c1-6-14-15-10(22-6)12-8(18)5-21-9(19)4-16-3-2-7(17)13-11(16)20/h2-5H2,1H3,(H,12,15,18)(H,13,17,20). The van der Waals surface area contributed by atoms with Crippen molar-refractivity contribution in [1.29, 1.82) is 0 Å². The molecule has 0 radical (unpaired) electrons. The minimum Gasteiger partial charge on any atom is -0.454 e. The fourth-order valence-corrected chi connectivity index (χ4v) is 2.21. The van der Waals surface area contributed by atoms with Crippen LogP contribution in [0.1, 0.15) is 11.4 Å². The Morgan fingerprint density at radius 2 is 2.18 bits per heavy atom. The van der Waals surface area contributed by atoms with Gasteiger partial charge in [0.1, 0.15) is 11.6 Å². The van der Waals surface area contributed by atoms with Crippen LogP contribution in [0.4, 0.5) is 9.93 Å². The van der Waals surface area contributed by atoms with Crippen molar-refractivity contribution in [3.05, 3.63) is 5.01 Å². The fourth-order valence-electron chi connectivity index (χ4n) is 1.60. The predicted molar refractivity (Wildman–Crippen MR) is 74.0 cm³/mol. The molecule has 0 saturated carbocycles. The molecule has 11 heteroatoms. The molecule has 1 aromatic rings. The van der Waals surface area contributed by atoms with E-state index in [4.69, 9.17) is 4.74 Å². The Labute approximate surface area is 128 Å². The second-order valence-electron chi connectivity index (χ2n) is 4.36. The Bertz CT molecular complexity index is 616. The monoisotopic (exact) mass is 327 g/mol. The Morgan fingerprint density at radius 1 is 1.41 bits per heavy atom. The molecule has 0 atom stereocenters. The number of rotatable bonds is 5. The highest BCUT2D eigenvalue weighted by molar-refractivity contribution is 7.15. The lowest BCUT2D eigenvalue weighted by Crippen LogP contribution is -2.51. The van der Waals surface area contributed by atoms with Crippen molar-refractivity contribution in [1.82, 2.24) is 20.4 Å². The summed E-state index contributed by atoms with van der Waals surface area (Å²) in [4.78, 5) is 46.6. The molecule has 0 aromatic carbocycles. The zero-order chi connectivity index (χ0) is 16.1. The first-order valence-corrected chi connectivity index (χ1v) is 7.10. The molecule has 2 heterocycles. The van der Waals surface area contributed by atoms with Gasteiger partial charge in [-0.2, -0.15) is 0 Å². The third-order valence-corrected chi connectivity index (χ3v) is 3.35. The van der Waals surface area contributed by atoms with Crippen LogP contribution in [0.15, 0.2) is 0 Å². The van der Waals surface area contributed by atoms with Crippen molar-refractivity contribution in [2.75, 3.05) is 25.0 Å². The van der Waals surface area contributed by atoms with Gasteiger partial charge in [-0.3, -0.25) is 25.0 Å². The average Bonchev–Trinajstić information content (AvgIpc) is 2.85. The maximum Gasteiger partial charge on any atom is 0.326 e. The van der Waals surface area contributed by atoms with Crippen LogP contribution in [0.25, 0.3) is 0 Å². The molecule has 118 valence electrons. The molecule has 0 unspecified atom stereocenters. The maximum atomic E-state index is 11.6. The maximum absolute atomic E-state index is 11.6.